The molecule has 96 valence electrons. The molecule has 0 amide bonds. The van der Waals surface area contributed by atoms with E-state index in [1.54, 1.807) is 16.9 Å². The molecular formula is C13H23N3O. The van der Waals surface area contributed by atoms with Gasteiger partial charge in [-0.1, -0.05) is 20.8 Å². The van der Waals surface area contributed by atoms with Crippen LogP contribution < -0.4 is 5.73 Å². The van der Waals surface area contributed by atoms with Crippen molar-refractivity contribution in [2.45, 2.75) is 53.1 Å². The van der Waals surface area contributed by atoms with Crippen LogP contribution in [0.4, 0.5) is 0 Å². The lowest BCUT2D eigenvalue weighted by Gasteiger charge is -2.36. The number of aromatic nitrogens is 2. The van der Waals surface area contributed by atoms with Crippen LogP contribution >= 0.6 is 0 Å². The zero-order valence-electron chi connectivity index (χ0n) is 11.4. The van der Waals surface area contributed by atoms with Crippen molar-refractivity contribution in [3.8, 4) is 0 Å². The fourth-order valence-corrected chi connectivity index (χ4v) is 1.53. The number of Topliss-reactive ketones (excluding diaryl/α,β-unsaturated/α-hetero) is 1. The highest BCUT2D eigenvalue weighted by atomic mass is 16.1. The Labute approximate surface area is 103 Å². The van der Waals surface area contributed by atoms with Gasteiger partial charge in [-0.25, -0.2) is 0 Å². The van der Waals surface area contributed by atoms with E-state index < -0.39 is 11.0 Å². The van der Waals surface area contributed by atoms with Crippen LogP contribution in [0, 0.1) is 5.41 Å². The van der Waals surface area contributed by atoms with Gasteiger partial charge in [0, 0.05) is 23.7 Å². The lowest BCUT2D eigenvalue weighted by Crippen LogP contribution is -2.52. The molecule has 0 saturated heterocycles. The maximum atomic E-state index is 12.5. The molecule has 1 aromatic rings. The molecule has 0 bridgehead atoms. The van der Waals surface area contributed by atoms with Crippen molar-refractivity contribution in [1.82, 2.24) is 9.78 Å². The normalized spacial score (nSPS) is 12.8. The molecule has 1 heterocycles. The lowest BCUT2D eigenvalue weighted by atomic mass is 9.71. The minimum absolute atomic E-state index is 0.0518. The quantitative estimate of drug-likeness (QED) is 0.799. The summed E-state index contributed by atoms with van der Waals surface area (Å²) in [5.41, 5.74) is 5.57. The van der Waals surface area contributed by atoms with Crippen LogP contribution in [0.3, 0.4) is 0 Å². The molecule has 17 heavy (non-hydrogen) atoms. The van der Waals surface area contributed by atoms with Gasteiger partial charge in [-0.15, -0.1) is 0 Å². The number of nitrogens with zero attached hydrogens (tertiary/aromatic N) is 2. The Balaban J connectivity index is 3.08. The SMILES string of the molecule is CCCn1nccc1C(=O)C(C)(C)C(C)(C)N. The summed E-state index contributed by atoms with van der Waals surface area (Å²) in [6, 6.07) is 1.77. The molecule has 0 radical (unpaired) electrons. The Bertz CT molecular complexity index is 399. The topological polar surface area (TPSA) is 60.9 Å². The van der Waals surface area contributed by atoms with Gasteiger partial charge < -0.3 is 5.73 Å². The lowest BCUT2D eigenvalue weighted by molar-refractivity contribution is 0.0722. The fourth-order valence-electron chi connectivity index (χ4n) is 1.53. The number of hydrogen-bond donors (Lipinski definition) is 1. The Morgan fingerprint density at radius 2 is 2.00 bits per heavy atom. The van der Waals surface area contributed by atoms with Crippen LogP contribution in [0.5, 0.6) is 0 Å². The van der Waals surface area contributed by atoms with Crippen molar-refractivity contribution in [1.29, 1.82) is 0 Å². The average molecular weight is 237 g/mol. The van der Waals surface area contributed by atoms with Crippen molar-refractivity contribution < 1.29 is 4.79 Å². The van der Waals surface area contributed by atoms with Crippen molar-refractivity contribution in [2.24, 2.45) is 11.1 Å². The second kappa shape index (κ2) is 4.61. The number of nitrogens with two attached hydrogens (primary N) is 1. The summed E-state index contributed by atoms with van der Waals surface area (Å²) >= 11 is 0. The van der Waals surface area contributed by atoms with Gasteiger partial charge in [0.25, 0.3) is 0 Å². The molecule has 4 heteroatoms. The number of carbonyl (C=O) groups excluding carboxylic acids is 1. The van der Waals surface area contributed by atoms with E-state index in [0.29, 0.717) is 5.69 Å². The summed E-state index contributed by atoms with van der Waals surface area (Å²) in [7, 11) is 0. The molecule has 0 saturated carbocycles. The van der Waals surface area contributed by atoms with E-state index in [0.717, 1.165) is 13.0 Å². The van der Waals surface area contributed by atoms with Crippen LogP contribution in [0.1, 0.15) is 51.5 Å². The Morgan fingerprint density at radius 3 is 2.47 bits per heavy atom. The summed E-state index contributed by atoms with van der Waals surface area (Å²) in [5, 5.41) is 4.18. The predicted octanol–water partition coefficient (Wildman–Crippen LogP) is 2.24. The Morgan fingerprint density at radius 1 is 1.41 bits per heavy atom. The second-order valence-corrected chi connectivity index (χ2v) is 5.62. The van der Waals surface area contributed by atoms with Gasteiger partial charge in [0.1, 0.15) is 5.69 Å². The summed E-state index contributed by atoms with van der Waals surface area (Å²) in [4.78, 5) is 12.5. The minimum Gasteiger partial charge on any atom is -0.325 e. The fraction of sp³-hybridized carbons (Fsp3) is 0.692. The molecule has 0 unspecified atom stereocenters. The van der Waals surface area contributed by atoms with E-state index in [1.807, 2.05) is 27.7 Å². The molecule has 0 spiro atoms. The number of hydrogen-bond acceptors (Lipinski definition) is 3. The van der Waals surface area contributed by atoms with Gasteiger partial charge in [0.2, 0.25) is 0 Å². The van der Waals surface area contributed by atoms with Gasteiger partial charge in [-0.3, -0.25) is 9.48 Å². The third kappa shape index (κ3) is 2.57. The van der Waals surface area contributed by atoms with Gasteiger partial charge in [0.05, 0.1) is 0 Å². The van der Waals surface area contributed by atoms with E-state index in [1.165, 1.54) is 0 Å². The Kier molecular flexibility index (Phi) is 3.77. The van der Waals surface area contributed by atoms with Crippen molar-refractivity contribution in [2.75, 3.05) is 0 Å². The zero-order chi connectivity index (χ0) is 13.3. The second-order valence-electron chi connectivity index (χ2n) is 5.62. The third-order valence-corrected chi connectivity index (χ3v) is 3.56. The van der Waals surface area contributed by atoms with Gasteiger partial charge in [-0.05, 0) is 26.3 Å². The van der Waals surface area contributed by atoms with Crippen LogP contribution in [0.15, 0.2) is 12.3 Å². The molecule has 1 aromatic heterocycles. The molecule has 1 rings (SSSR count). The highest BCUT2D eigenvalue weighted by molar-refractivity contribution is 5.99. The molecule has 4 nitrogen and oxygen atoms in total. The maximum Gasteiger partial charge on any atom is 0.188 e. The van der Waals surface area contributed by atoms with E-state index in [-0.39, 0.29) is 5.78 Å². The van der Waals surface area contributed by atoms with Gasteiger partial charge in [-0.2, -0.15) is 5.10 Å². The monoisotopic (exact) mass is 237 g/mol. The van der Waals surface area contributed by atoms with E-state index in [2.05, 4.69) is 12.0 Å². The maximum absolute atomic E-state index is 12.5. The standard InChI is InChI=1S/C13H23N3O/c1-6-9-16-10(7-8-15-16)11(17)12(2,3)13(4,5)14/h7-8H,6,9,14H2,1-5H3. The van der Waals surface area contributed by atoms with Crippen molar-refractivity contribution in [3.05, 3.63) is 18.0 Å². The summed E-state index contributed by atoms with van der Waals surface area (Å²) in [6.07, 6.45) is 2.62. The third-order valence-electron chi connectivity index (χ3n) is 3.56. The molecule has 0 aliphatic heterocycles. The van der Waals surface area contributed by atoms with E-state index >= 15 is 0 Å². The Hall–Kier alpha value is -1.16. The van der Waals surface area contributed by atoms with Crippen molar-refractivity contribution >= 4 is 5.78 Å². The van der Waals surface area contributed by atoms with E-state index in [9.17, 15) is 4.79 Å². The highest BCUT2D eigenvalue weighted by Crippen LogP contribution is 2.32. The smallest absolute Gasteiger partial charge is 0.188 e. The number of rotatable bonds is 5. The van der Waals surface area contributed by atoms with Gasteiger partial charge in [0.15, 0.2) is 5.78 Å². The van der Waals surface area contributed by atoms with Crippen LogP contribution in [0.2, 0.25) is 0 Å². The molecule has 0 aromatic carbocycles. The van der Waals surface area contributed by atoms with Crippen molar-refractivity contribution in [3.63, 3.8) is 0 Å². The van der Waals surface area contributed by atoms with E-state index in [4.69, 9.17) is 5.73 Å². The first-order valence-corrected chi connectivity index (χ1v) is 6.07. The largest absolute Gasteiger partial charge is 0.325 e. The highest BCUT2D eigenvalue weighted by Gasteiger charge is 2.41. The number of ketones is 1. The molecule has 0 aliphatic rings. The molecule has 0 aliphatic carbocycles. The zero-order valence-corrected chi connectivity index (χ0v) is 11.4. The number of carbonyl (C=O) groups is 1. The average Bonchev–Trinajstić information content (AvgIpc) is 2.63. The van der Waals surface area contributed by atoms with Crippen LogP contribution in [-0.2, 0) is 6.54 Å². The summed E-state index contributed by atoms with van der Waals surface area (Å²) < 4.78 is 1.76. The number of aryl methyl sites for hydroxylation is 1. The molecular weight excluding hydrogens is 214 g/mol. The molecule has 0 fully saturated rings. The first-order chi connectivity index (χ1) is 7.71. The predicted molar refractivity (Wildman–Crippen MR) is 68.9 cm³/mol. The van der Waals surface area contributed by atoms with Crippen LogP contribution in [0.25, 0.3) is 0 Å². The summed E-state index contributed by atoms with van der Waals surface area (Å²) in [6.45, 7) is 10.4. The first kappa shape index (κ1) is 13.9. The van der Waals surface area contributed by atoms with Gasteiger partial charge >= 0.3 is 0 Å². The minimum atomic E-state index is -0.613. The molecule has 0 atom stereocenters. The summed E-state index contributed by atoms with van der Waals surface area (Å²) in [5.74, 6) is 0.0518. The first-order valence-electron chi connectivity index (χ1n) is 6.07. The van der Waals surface area contributed by atoms with Crippen LogP contribution in [-0.4, -0.2) is 21.1 Å². The molecule has 2 N–H and O–H groups in total.